The number of amides is 2. The number of aliphatic carboxylic acids is 1. The number of aliphatic hydroxyl groups excluding tert-OH is 1. The number of esters is 1. The molecule has 1 aliphatic carbocycles. The molecule has 1 saturated heterocycles. The molecule has 4 N–H and O–H groups in total. The number of nitrogens with zero attached hydrogens (tertiary/aromatic N) is 3. The van der Waals surface area contributed by atoms with E-state index in [1.54, 1.807) is 23.7 Å². The molecule has 1 aromatic rings. The molecule has 1 radical (unpaired) electrons. The Morgan fingerprint density at radius 2 is 2.13 bits per heavy atom. The van der Waals surface area contributed by atoms with Gasteiger partial charge in [-0.05, 0) is 12.5 Å². The maximum Gasteiger partial charge on any atom is 0.352 e. The monoisotopic (exact) mass is 668 g/mol. The first-order valence-corrected chi connectivity index (χ1v) is 13.1. The molecule has 3 aliphatic rings. The van der Waals surface area contributed by atoms with Gasteiger partial charge in [0.25, 0.3) is 11.8 Å². The third kappa shape index (κ3) is 6.62. The van der Waals surface area contributed by atoms with E-state index in [0.29, 0.717) is 22.7 Å². The minimum atomic E-state index is -1.33. The Morgan fingerprint density at radius 1 is 1.36 bits per heavy atom. The molecular formula is C23H23AgN5O8S2. The van der Waals surface area contributed by atoms with E-state index in [-0.39, 0.29) is 57.6 Å². The van der Waals surface area contributed by atoms with E-state index in [1.807, 2.05) is 6.08 Å². The van der Waals surface area contributed by atoms with Gasteiger partial charge in [0.2, 0.25) is 0 Å². The number of anilines is 1. The Kier molecular flexibility index (Phi) is 10.2. The van der Waals surface area contributed by atoms with Crippen LogP contribution in [0.4, 0.5) is 5.13 Å². The number of ether oxygens (including phenoxy) is 1. The van der Waals surface area contributed by atoms with Gasteiger partial charge in [-0.1, -0.05) is 17.3 Å². The van der Waals surface area contributed by atoms with Crippen molar-refractivity contribution in [3.63, 3.8) is 0 Å². The zero-order chi connectivity index (χ0) is 27.4. The molecule has 0 aromatic carbocycles. The molecule has 16 heteroatoms. The van der Waals surface area contributed by atoms with Crippen LogP contribution in [0.3, 0.4) is 0 Å². The molecule has 1 aromatic heterocycles. The number of oxime groups is 1. The molecule has 211 valence electrons. The van der Waals surface area contributed by atoms with Crippen LogP contribution >= 0.6 is 23.1 Å². The number of hydrogen-bond donors (Lipinski definition) is 4. The minimum absolute atomic E-state index is 0. The van der Waals surface area contributed by atoms with Crippen molar-refractivity contribution in [1.82, 2.24) is 15.2 Å². The smallest absolute Gasteiger partial charge is 0.352 e. The van der Waals surface area contributed by atoms with Crippen LogP contribution in [-0.2, 0) is 51.1 Å². The van der Waals surface area contributed by atoms with E-state index in [0.717, 1.165) is 4.90 Å². The summed E-state index contributed by atoms with van der Waals surface area (Å²) in [6.45, 7) is 0.958. The van der Waals surface area contributed by atoms with Crippen molar-refractivity contribution in [2.45, 2.75) is 24.8 Å². The van der Waals surface area contributed by atoms with Gasteiger partial charge in [0.15, 0.2) is 10.8 Å². The largest absolute Gasteiger partial charge is 0.508 e. The predicted molar refractivity (Wildman–Crippen MR) is 138 cm³/mol. The molecule has 0 saturated carbocycles. The summed E-state index contributed by atoms with van der Waals surface area (Å²) in [7, 11) is 1.26. The standard InChI is InChI=1S/C23H23N5O8S2.Ag/c1-11(29)36-8-13-9-37-21-17(20(32)28(21)18(13)22(33)34)26-19(31)16(27-35-2)14-10-38-23(25-14)24-7-12-5-3-4-6-15(12)30;/h3-4,6-7,10,17,21,30H,5,8-9H2,1-2H3,(H,24,25)(H,26,31)(H,33,34);/b12-7-,27-16-;/t17-,21-;/m1./s1. The number of aliphatic hydroxyl groups is 1. The maximum atomic E-state index is 13.1. The number of rotatable bonds is 9. The van der Waals surface area contributed by atoms with E-state index in [2.05, 4.69) is 20.8 Å². The SMILES string of the molecule is CO/N=C(\C(=O)N[C@@H]1C(=O)N2C(C(=O)O)=C(COC(C)=O)CS[C@H]12)c1csc(N/C=C2/CC=CC=C2O)n1.[Ag]. The fourth-order valence-corrected chi connectivity index (χ4v) is 5.78. The van der Waals surface area contributed by atoms with Gasteiger partial charge < -0.3 is 30.4 Å². The van der Waals surface area contributed by atoms with Crippen LogP contribution in [-0.4, -0.2) is 80.4 Å². The Balaban J connectivity index is 0.00000420. The number of thiazole rings is 1. The van der Waals surface area contributed by atoms with Crippen LogP contribution in [0.25, 0.3) is 0 Å². The number of carbonyl (C=O) groups excluding carboxylic acids is 3. The second kappa shape index (κ2) is 13.1. The van der Waals surface area contributed by atoms with Crippen molar-refractivity contribution in [1.29, 1.82) is 0 Å². The molecule has 39 heavy (non-hydrogen) atoms. The number of thioether (sulfide) groups is 1. The summed E-state index contributed by atoms with van der Waals surface area (Å²) in [5.74, 6) is -2.92. The maximum absolute atomic E-state index is 13.1. The van der Waals surface area contributed by atoms with Crippen molar-refractivity contribution >= 4 is 57.7 Å². The van der Waals surface area contributed by atoms with Crippen LogP contribution in [0.15, 0.2) is 57.6 Å². The molecule has 2 aliphatic heterocycles. The van der Waals surface area contributed by atoms with Gasteiger partial charge in [-0.15, -0.1) is 23.1 Å². The Bertz CT molecular complexity index is 1340. The fourth-order valence-electron chi connectivity index (χ4n) is 3.78. The number of carboxylic acids is 1. The topological polar surface area (TPSA) is 180 Å². The number of nitrogens with one attached hydrogen (secondary N) is 2. The average molecular weight is 669 g/mol. The molecule has 0 unspecified atom stereocenters. The first kappa shape index (κ1) is 30.2. The molecule has 13 nitrogen and oxygen atoms in total. The summed E-state index contributed by atoms with van der Waals surface area (Å²) in [6, 6.07) is -1.01. The molecule has 3 heterocycles. The number of carbonyl (C=O) groups is 4. The van der Waals surface area contributed by atoms with Crippen molar-refractivity contribution in [2.24, 2.45) is 5.16 Å². The summed E-state index contributed by atoms with van der Waals surface area (Å²) in [5, 5.41) is 30.3. The summed E-state index contributed by atoms with van der Waals surface area (Å²) >= 11 is 2.43. The van der Waals surface area contributed by atoms with Crippen molar-refractivity contribution in [3.05, 3.63) is 58.1 Å². The minimum Gasteiger partial charge on any atom is -0.508 e. The van der Waals surface area contributed by atoms with Crippen LogP contribution in [0.5, 0.6) is 0 Å². The average Bonchev–Trinajstić information content (AvgIpc) is 3.36. The number of carboxylic acid groups (broad SMARTS) is 1. The zero-order valence-corrected chi connectivity index (χ0v) is 23.6. The summed E-state index contributed by atoms with van der Waals surface area (Å²) in [5.41, 5.74) is 0.712. The van der Waals surface area contributed by atoms with E-state index in [4.69, 9.17) is 9.57 Å². The van der Waals surface area contributed by atoms with E-state index in [1.165, 1.54) is 37.1 Å². The molecule has 2 atom stereocenters. The molecular weight excluding hydrogens is 646 g/mol. The molecule has 0 bridgehead atoms. The van der Waals surface area contributed by atoms with Crippen LogP contribution in [0, 0.1) is 0 Å². The van der Waals surface area contributed by atoms with Gasteiger partial charge in [0, 0.05) is 57.8 Å². The number of allylic oxidation sites excluding steroid dienone is 4. The summed E-state index contributed by atoms with van der Waals surface area (Å²) < 4.78 is 4.92. The van der Waals surface area contributed by atoms with Gasteiger partial charge in [0.1, 0.15) is 42.3 Å². The van der Waals surface area contributed by atoms with Gasteiger partial charge in [-0.25, -0.2) is 9.78 Å². The van der Waals surface area contributed by atoms with Gasteiger partial charge in [-0.3, -0.25) is 19.3 Å². The Hall–Kier alpha value is -3.37. The second-order valence-electron chi connectivity index (χ2n) is 8.06. The number of β-lactam (4-membered cyclic amide) rings is 1. The second-order valence-corrected chi connectivity index (χ2v) is 10.0. The molecule has 1 fully saturated rings. The van der Waals surface area contributed by atoms with Crippen LogP contribution < -0.4 is 10.6 Å². The fraction of sp³-hybridized carbons (Fsp3) is 0.304. The molecule has 2 amide bonds. The van der Waals surface area contributed by atoms with Gasteiger partial charge in [-0.2, -0.15) is 0 Å². The third-order valence-corrected chi connectivity index (χ3v) is 7.67. The normalized spacial score (nSPS) is 21.3. The first-order valence-electron chi connectivity index (χ1n) is 11.1. The summed E-state index contributed by atoms with van der Waals surface area (Å²) in [6.07, 6.45) is 7.36. The van der Waals surface area contributed by atoms with E-state index < -0.39 is 35.2 Å². The zero-order valence-electron chi connectivity index (χ0n) is 20.5. The Labute approximate surface area is 246 Å². The van der Waals surface area contributed by atoms with Crippen LogP contribution in [0.1, 0.15) is 19.0 Å². The van der Waals surface area contributed by atoms with Crippen molar-refractivity contribution in [2.75, 3.05) is 24.8 Å². The third-order valence-electron chi connectivity index (χ3n) is 5.56. The number of aromatic nitrogens is 1. The summed E-state index contributed by atoms with van der Waals surface area (Å²) in [4.78, 5) is 59.2. The van der Waals surface area contributed by atoms with Crippen molar-refractivity contribution < 1.29 is 61.3 Å². The van der Waals surface area contributed by atoms with Crippen molar-refractivity contribution in [3.8, 4) is 0 Å². The van der Waals surface area contributed by atoms with Crippen LogP contribution in [0.2, 0.25) is 0 Å². The van der Waals surface area contributed by atoms with E-state index >= 15 is 0 Å². The molecule has 4 rings (SSSR count). The predicted octanol–water partition coefficient (Wildman–Crippen LogP) is 1.49. The number of hydrogen-bond acceptors (Lipinski definition) is 12. The number of fused-ring (bicyclic) bond motifs is 1. The molecule has 0 spiro atoms. The quantitative estimate of drug-likeness (QED) is 0.0984. The van der Waals surface area contributed by atoms with E-state index in [9.17, 15) is 29.4 Å². The Morgan fingerprint density at radius 3 is 2.79 bits per heavy atom. The first-order chi connectivity index (χ1) is 18.2. The van der Waals surface area contributed by atoms with Gasteiger partial charge >= 0.3 is 11.9 Å². The van der Waals surface area contributed by atoms with Gasteiger partial charge in [0.05, 0.1) is 0 Å².